The van der Waals surface area contributed by atoms with Gasteiger partial charge in [-0.1, -0.05) is 18.6 Å². The molecule has 0 unspecified atom stereocenters. The van der Waals surface area contributed by atoms with E-state index in [0.717, 1.165) is 42.4 Å². The summed E-state index contributed by atoms with van der Waals surface area (Å²) in [5, 5.41) is 11.6. The molecule has 4 heterocycles. The summed E-state index contributed by atoms with van der Waals surface area (Å²) in [4.78, 5) is 17.2. The summed E-state index contributed by atoms with van der Waals surface area (Å²) < 4.78 is 10.1. The Morgan fingerprint density at radius 3 is 3.00 bits per heavy atom. The molecule has 4 aromatic rings. The lowest BCUT2D eigenvalue weighted by Crippen LogP contribution is -2.26. The Morgan fingerprint density at radius 1 is 1.12 bits per heavy atom. The van der Waals surface area contributed by atoms with Crippen molar-refractivity contribution in [1.29, 1.82) is 0 Å². The van der Waals surface area contributed by atoms with Crippen LogP contribution < -0.4 is 10.1 Å². The van der Waals surface area contributed by atoms with Crippen molar-refractivity contribution in [3.63, 3.8) is 0 Å². The van der Waals surface area contributed by atoms with Crippen LogP contribution in [-0.4, -0.2) is 36.6 Å². The van der Waals surface area contributed by atoms with Gasteiger partial charge in [-0.3, -0.25) is 4.79 Å². The van der Waals surface area contributed by atoms with E-state index >= 15 is 0 Å². The van der Waals surface area contributed by atoms with E-state index < -0.39 is 0 Å². The maximum Gasteiger partial charge on any atom is 0.251 e. The van der Waals surface area contributed by atoms with E-state index in [0.29, 0.717) is 30.9 Å². The monoisotopic (exact) mass is 444 g/mol. The first-order valence-corrected chi connectivity index (χ1v) is 11.5. The van der Waals surface area contributed by atoms with E-state index in [-0.39, 0.29) is 5.91 Å². The molecule has 1 N–H and O–H groups in total. The molecule has 0 fully saturated rings. The van der Waals surface area contributed by atoms with Gasteiger partial charge in [0.25, 0.3) is 5.91 Å². The topological polar surface area (TPSA) is 86.3 Å². The van der Waals surface area contributed by atoms with Gasteiger partial charge in [0.05, 0.1) is 5.69 Å². The Kier molecular flexibility index (Phi) is 6.06. The van der Waals surface area contributed by atoms with Crippen molar-refractivity contribution < 1.29 is 9.53 Å². The highest BCUT2D eigenvalue weighted by atomic mass is 16.5. The Labute approximate surface area is 192 Å². The summed E-state index contributed by atoms with van der Waals surface area (Å²) in [5.74, 6) is 2.53. The molecule has 0 bridgehead atoms. The molecule has 8 heteroatoms. The van der Waals surface area contributed by atoms with E-state index in [1.165, 1.54) is 18.4 Å². The van der Waals surface area contributed by atoms with Crippen molar-refractivity contribution in [2.24, 2.45) is 0 Å². The molecule has 0 saturated carbocycles. The van der Waals surface area contributed by atoms with Gasteiger partial charge in [-0.05, 0) is 49.6 Å². The fraction of sp³-hybridized carbons (Fsp3) is 0.360. The first-order valence-electron chi connectivity index (χ1n) is 11.5. The normalized spacial score (nSPS) is 13.5. The van der Waals surface area contributed by atoms with Crippen LogP contribution in [0.3, 0.4) is 0 Å². The van der Waals surface area contributed by atoms with Gasteiger partial charge in [0, 0.05) is 43.9 Å². The molecule has 1 aromatic carbocycles. The number of aromatic nitrogens is 5. The maximum absolute atomic E-state index is 12.7. The van der Waals surface area contributed by atoms with Crippen molar-refractivity contribution in [2.75, 3.05) is 6.54 Å². The summed E-state index contributed by atoms with van der Waals surface area (Å²) in [6.07, 6.45) is 9.21. The third kappa shape index (κ3) is 4.89. The Balaban J connectivity index is 1.16. The second-order valence-electron chi connectivity index (χ2n) is 8.52. The molecule has 0 aliphatic carbocycles. The molecule has 0 radical (unpaired) electrons. The molecular weight excluding hydrogens is 416 g/mol. The number of pyridine rings is 1. The number of carbonyl (C=O) groups excluding carboxylic acids is 1. The number of aryl methyl sites for hydroxylation is 2. The number of hydrogen-bond acceptors (Lipinski definition) is 5. The summed E-state index contributed by atoms with van der Waals surface area (Å²) >= 11 is 0. The molecule has 1 aliphatic heterocycles. The Morgan fingerprint density at radius 2 is 2.06 bits per heavy atom. The molecule has 0 atom stereocenters. The van der Waals surface area contributed by atoms with Crippen molar-refractivity contribution >= 4 is 11.6 Å². The average molecular weight is 445 g/mol. The lowest BCUT2D eigenvalue weighted by molar-refractivity contribution is 0.0953. The van der Waals surface area contributed by atoms with Crippen molar-refractivity contribution in [3.05, 3.63) is 77.3 Å². The van der Waals surface area contributed by atoms with Crippen LogP contribution in [0, 0.1) is 6.92 Å². The number of nitrogens with zero attached hydrogens (tertiary/aromatic N) is 5. The van der Waals surface area contributed by atoms with Gasteiger partial charge in [-0.15, -0.1) is 10.2 Å². The van der Waals surface area contributed by atoms with Gasteiger partial charge < -0.3 is 19.0 Å². The first kappa shape index (κ1) is 21.2. The van der Waals surface area contributed by atoms with Crippen LogP contribution >= 0.6 is 0 Å². The fourth-order valence-corrected chi connectivity index (χ4v) is 4.23. The number of hydrogen-bond donors (Lipinski definition) is 1. The van der Waals surface area contributed by atoms with Crippen LogP contribution in [-0.2, 0) is 26.0 Å². The van der Waals surface area contributed by atoms with Crippen LogP contribution in [0.2, 0.25) is 0 Å². The van der Waals surface area contributed by atoms with Gasteiger partial charge in [0.2, 0.25) is 0 Å². The predicted molar refractivity (Wildman–Crippen MR) is 124 cm³/mol. The number of fused-ring (bicyclic) bond motifs is 2. The molecule has 1 amide bonds. The maximum atomic E-state index is 12.7. The van der Waals surface area contributed by atoms with Crippen molar-refractivity contribution in [3.8, 4) is 5.75 Å². The number of amides is 1. The van der Waals surface area contributed by atoms with Crippen LogP contribution in [0.5, 0.6) is 5.75 Å². The summed E-state index contributed by atoms with van der Waals surface area (Å²) in [6.45, 7) is 3.87. The molecule has 0 spiro atoms. The predicted octanol–water partition coefficient (Wildman–Crippen LogP) is 3.51. The molecule has 170 valence electrons. The zero-order chi connectivity index (χ0) is 22.6. The van der Waals surface area contributed by atoms with E-state index in [4.69, 9.17) is 4.74 Å². The van der Waals surface area contributed by atoms with Crippen LogP contribution in [0.1, 0.15) is 52.5 Å². The summed E-state index contributed by atoms with van der Waals surface area (Å²) in [6, 6.07) is 11.3. The first-order chi connectivity index (χ1) is 16.2. The van der Waals surface area contributed by atoms with Crippen molar-refractivity contribution in [2.45, 2.75) is 52.2 Å². The minimum absolute atomic E-state index is 0.126. The molecule has 3 aromatic heterocycles. The second kappa shape index (κ2) is 9.44. The second-order valence-corrected chi connectivity index (χ2v) is 8.52. The van der Waals surface area contributed by atoms with Crippen molar-refractivity contribution in [1.82, 2.24) is 29.5 Å². The fourth-order valence-electron chi connectivity index (χ4n) is 4.23. The standard InChI is InChI=1S/C25H28N6O2/c1-18-9-10-22-27-20(16-30(22)15-18)17-33-21-7-5-6-19(14-21)25(32)26-12-11-24-29-28-23-8-3-2-4-13-31(23)24/h5-7,9-10,14-16H,2-4,8,11-13,17H2,1H3,(H,26,32). The summed E-state index contributed by atoms with van der Waals surface area (Å²) in [7, 11) is 0. The van der Waals surface area contributed by atoms with E-state index in [1.807, 2.05) is 48.0 Å². The smallest absolute Gasteiger partial charge is 0.251 e. The highest BCUT2D eigenvalue weighted by Gasteiger charge is 2.15. The summed E-state index contributed by atoms with van der Waals surface area (Å²) in [5.41, 5.74) is 3.46. The SMILES string of the molecule is Cc1ccc2nc(COc3cccc(C(=O)NCCc4nnc5n4CCCCC5)c3)cn2c1. The minimum Gasteiger partial charge on any atom is -0.487 e. The highest BCUT2D eigenvalue weighted by Crippen LogP contribution is 2.17. The van der Waals surface area contributed by atoms with Gasteiger partial charge in [0.15, 0.2) is 0 Å². The van der Waals surface area contributed by atoms with Crippen LogP contribution in [0.4, 0.5) is 0 Å². The zero-order valence-electron chi connectivity index (χ0n) is 18.8. The molecule has 0 saturated heterocycles. The number of imidazole rings is 1. The van der Waals surface area contributed by atoms with Gasteiger partial charge in [0.1, 0.15) is 29.7 Å². The minimum atomic E-state index is -0.126. The van der Waals surface area contributed by atoms with Crippen LogP contribution in [0.15, 0.2) is 48.8 Å². The molecular formula is C25H28N6O2. The van der Waals surface area contributed by atoms with E-state index in [2.05, 4.69) is 25.1 Å². The van der Waals surface area contributed by atoms with E-state index in [1.54, 1.807) is 12.1 Å². The lowest BCUT2D eigenvalue weighted by atomic mass is 10.2. The number of ether oxygens (including phenoxy) is 1. The van der Waals surface area contributed by atoms with E-state index in [9.17, 15) is 4.79 Å². The molecule has 5 rings (SSSR count). The Bertz CT molecular complexity index is 1280. The average Bonchev–Trinajstić information content (AvgIpc) is 3.32. The number of rotatable bonds is 7. The van der Waals surface area contributed by atoms with Gasteiger partial charge in [-0.2, -0.15) is 0 Å². The Hall–Kier alpha value is -3.68. The third-order valence-electron chi connectivity index (χ3n) is 5.95. The van der Waals surface area contributed by atoms with Gasteiger partial charge in [-0.25, -0.2) is 4.98 Å². The lowest BCUT2D eigenvalue weighted by Gasteiger charge is -2.09. The largest absolute Gasteiger partial charge is 0.487 e. The quantitative estimate of drug-likeness (QED) is 0.471. The molecule has 1 aliphatic rings. The molecule has 8 nitrogen and oxygen atoms in total. The molecule has 33 heavy (non-hydrogen) atoms. The third-order valence-corrected chi connectivity index (χ3v) is 5.95. The highest BCUT2D eigenvalue weighted by molar-refractivity contribution is 5.94. The number of nitrogens with one attached hydrogen (secondary N) is 1. The number of benzene rings is 1. The van der Waals surface area contributed by atoms with Crippen LogP contribution in [0.25, 0.3) is 5.65 Å². The zero-order valence-corrected chi connectivity index (χ0v) is 18.8. The van der Waals surface area contributed by atoms with Gasteiger partial charge >= 0.3 is 0 Å². The number of carbonyl (C=O) groups is 1.